The van der Waals surface area contributed by atoms with E-state index in [0.717, 1.165) is 58.6 Å². The molecule has 0 saturated heterocycles. The summed E-state index contributed by atoms with van der Waals surface area (Å²) in [6.45, 7) is 4.46. The van der Waals surface area contributed by atoms with E-state index >= 15 is 0 Å². The number of carbonyl (C=O) groups excluding carboxylic acids is 1. The Kier molecular flexibility index (Phi) is 9.70. The van der Waals surface area contributed by atoms with Crippen LogP contribution in [0.4, 0.5) is 5.69 Å². The fraction of sp³-hybridized carbons (Fsp3) is 0.281. The Hall–Kier alpha value is -5.39. The molecule has 226 valence electrons. The number of aliphatic carboxylic acids is 1. The highest BCUT2D eigenvalue weighted by Crippen LogP contribution is 2.30. The molecule has 0 spiro atoms. The molecular formula is C32H35N9O3. The minimum atomic E-state index is -1.06. The van der Waals surface area contributed by atoms with Crippen LogP contribution in [0.2, 0.25) is 0 Å². The molecule has 0 aliphatic carbocycles. The fourth-order valence-electron chi connectivity index (χ4n) is 4.91. The van der Waals surface area contributed by atoms with Gasteiger partial charge in [-0.15, -0.1) is 10.2 Å². The lowest BCUT2D eigenvalue weighted by molar-refractivity contribution is -0.141. The molecule has 0 fully saturated rings. The molecule has 0 bridgehead atoms. The van der Waals surface area contributed by atoms with Crippen LogP contribution in [0.5, 0.6) is 0 Å². The molecule has 5 rings (SSSR count). The topological polar surface area (TPSA) is 164 Å². The zero-order valence-electron chi connectivity index (χ0n) is 24.7. The molecule has 12 nitrogen and oxygen atoms in total. The summed E-state index contributed by atoms with van der Waals surface area (Å²) in [4.78, 5) is 27.5. The van der Waals surface area contributed by atoms with Crippen molar-refractivity contribution >= 4 is 17.6 Å². The summed E-state index contributed by atoms with van der Waals surface area (Å²) in [7, 11) is 0. The van der Waals surface area contributed by atoms with Gasteiger partial charge in [0.25, 0.3) is 0 Å². The van der Waals surface area contributed by atoms with Gasteiger partial charge in [0, 0.05) is 36.7 Å². The largest absolute Gasteiger partial charge is 0.480 e. The Labute approximate surface area is 254 Å². The van der Waals surface area contributed by atoms with Gasteiger partial charge in [-0.2, -0.15) is 10.3 Å². The first kappa shape index (κ1) is 30.1. The molecule has 0 aliphatic rings. The van der Waals surface area contributed by atoms with Gasteiger partial charge in [-0.3, -0.25) is 4.79 Å². The van der Waals surface area contributed by atoms with Crippen molar-refractivity contribution in [2.45, 2.75) is 52.1 Å². The van der Waals surface area contributed by atoms with Crippen LogP contribution in [0.25, 0.3) is 33.9 Å². The van der Waals surface area contributed by atoms with Gasteiger partial charge in [0.15, 0.2) is 5.82 Å². The quantitative estimate of drug-likeness (QED) is 0.144. The second kappa shape index (κ2) is 14.2. The summed E-state index contributed by atoms with van der Waals surface area (Å²) in [6, 6.07) is 23.2. The fourth-order valence-corrected chi connectivity index (χ4v) is 4.91. The zero-order valence-corrected chi connectivity index (χ0v) is 24.7. The number of amides is 1. The van der Waals surface area contributed by atoms with Crippen molar-refractivity contribution in [2.75, 3.05) is 11.9 Å². The second-order valence-electron chi connectivity index (χ2n) is 10.5. The van der Waals surface area contributed by atoms with Crippen LogP contribution >= 0.6 is 0 Å². The van der Waals surface area contributed by atoms with Crippen molar-refractivity contribution in [1.29, 1.82) is 0 Å². The van der Waals surface area contributed by atoms with Gasteiger partial charge < -0.3 is 15.7 Å². The molecule has 12 heteroatoms. The monoisotopic (exact) mass is 593 g/mol. The maximum absolute atomic E-state index is 11.4. The Balaban J connectivity index is 1.28. The first-order chi connectivity index (χ1) is 21.4. The van der Waals surface area contributed by atoms with Crippen molar-refractivity contribution in [3.05, 3.63) is 84.2 Å². The lowest BCUT2D eigenvalue weighted by Gasteiger charge is -2.14. The standard InChI is InChI=1S/C32H35N9O3/c1-3-4-9-29-35-30(24-14-16-25(17-15-24)33-19-18-28(32(43)44)34-21(2)42)38-41(29)20-22-10-12-23(13-11-22)26-7-5-6-8-27(26)31-36-39-40-37-31/h5-8,10-17,28,33H,3-4,9,18-20H2,1-2H3,(H,34,42)(H,43,44)(H,36,37,39,40). The molecule has 4 N–H and O–H groups in total. The third-order valence-corrected chi connectivity index (χ3v) is 7.19. The summed E-state index contributed by atoms with van der Waals surface area (Å²) in [5.41, 5.74) is 5.84. The number of aromatic nitrogens is 7. The Morgan fingerprint density at radius 1 is 0.955 bits per heavy atom. The number of nitrogens with zero attached hydrogens (tertiary/aromatic N) is 6. The molecule has 5 aromatic rings. The second-order valence-corrected chi connectivity index (χ2v) is 10.5. The molecule has 2 aromatic heterocycles. The van der Waals surface area contributed by atoms with E-state index < -0.39 is 12.0 Å². The predicted octanol–water partition coefficient (Wildman–Crippen LogP) is 4.57. The van der Waals surface area contributed by atoms with Crippen molar-refractivity contribution in [2.24, 2.45) is 0 Å². The highest BCUT2D eigenvalue weighted by molar-refractivity contribution is 5.82. The zero-order chi connectivity index (χ0) is 30.9. The highest BCUT2D eigenvalue weighted by atomic mass is 16.4. The van der Waals surface area contributed by atoms with Gasteiger partial charge in [-0.05, 0) is 59.0 Å². The number of aryl methyl sites for hydroxylation is 1. The maximum Gasteiger partial charge on any atom is 0.326 e. The number of carboxylic acids is 1. The molecule has 0 saturated carbocycles. The summed E-state index contributed by atoms with van der Waals surface area (Å²) < 4.78 is 1.98. The van der Waals surface area contributed by atoms with Crippen LogP contribution in [0, 0.1) is 0 Å². The number of benzene rings is 3. The van der Waals surface area contributed by atoms with Crippen LogP contribution in [0.15, 0.2) is 72.8 Å². The van der Waals surface area contributed by atoms with Gasteiger partial charge >= 0.3 is 5.97 Å². The molecular weight excluding hydrogens is 558 g/mol. The molecule has 0 aliphatic heterocycles. The minimum Gasteiger partial charge on any atom is -0.480 e. The van der Waals surface area contributed by atoms with Gasteiger partial charge in [-0.1, -0.05) is 61.9 Å². The van der Waals surface area contributed by atoms with Crippen LogP contribution < -0.4 is 10.6 Å². The molecule has 0 radical (unpaired) electrons. The number of carboxylic acid groups (broad SMARTS) is 1. The van der Waals surface area contributed by atoms with Crippen molar-refractivity contribution in [1.82, 2.24) is 40.7 Å². The average molecular weight is 594 g/mol. The van der Waals surface area contributed by atoms with Crippen molar-refractivity contribution in [3.63, 3.8) is 0 Å². The molecule has 44 heavy (non-hydrogen) atoms. The number of nitrogens with one attached hydrogen (secondary N) is 3. The lowest BCUT2D eigenvalue weighted by Crippen LogP contribution is -2.40. The van der Waals surface area contributed by atoms with Gasteiger partial charge in [0.05, 0.1) is 6.54 Å². The molecule has 2 heterocycles. The van der Waals surface area contributed by atoms with Crippen molar-refractivity contribution < 1.29 is 14.7 Å². The van der Waals surface area contributed by atoms with E-state index in [-0.39, 0.29) is 12.3 Å². The summed E-state index contributed by atoms with van der Waals surface area (Å²) in [5, 5.41) is 34.3. The average Bonchev–Trinajstić information content (AvgIpc) is 3.71. The van der Waals surface area contributed by atoms with E-state index in [2.05, 4.69) is 62.4 Å². The van der Waals surface area contributed by atoms with Gasteiger partial charge in [-0.25, -0.2) is 14.5 Å². The van der Waals surface area contributed by atoms with E-state index in [9.17, 15) is 14.7 Å². The van der Waals surface area contributed by atoms with Crippen LogP contribution in [-0.2, 0) is 22.6 Å². The number of H-pyrrole nitrogens is 1. The van der Waals surface area contributed by atoms with Crippen LogP contribution in [-0.4, -0.2) is 65.0 Å². The first-order valence-corrected chi connectivity index (χ1v) is 14.6. The predicted molar refractivity (Wildman–Crippen MR) is 167 cm³/mol. The number of rotatable bonds is 14. The van der Waals surface area contributed by atoms with E-state index in [0.29, 0.717) is 24.7 Å². The minimum absolute atomic E-state index is 0.260. The number of tetrazole rings is 1. The number of hydrogen-bond acceptors (Lipinski definition) is 8. The Morgan fingerprint density at radius 2 is 1.68 bits per heavy atom. The van der Waals surface area contributed by atoms with E-state index in [4.69, 9.17) is 10.1 Å². The SMILES string of the molecule is CCCCc1nc(-c2ccc(NCCC(NC(C)=O)C(=O)O)cc2)nn1Cc1ccc(-c2ccccc2-c2nn[nH]n2)cc1. The third kappa shape index (κ3) is 7.51. The van der Waals surface area contributed by atoms with Crippen molar-refractivity contribution in [3.8, 4) is 33.9 Å². The lowest BCUT2D eigenvalue weighted by atomic mass is 9.98. The number of anilines is 1. The van der Waals surface area contributed by atoms with E-state index in [1.807, 2.05) is 53.2 Å². The number of unbranched alkanes of at least 4 members (excludes halogenated alkanes) is 1. The maximum atomic E-state index is 11.4. The molecule has 3 aromatic carbocycles. The van der Waals surface area contributed by atoms with Gasteiger partial charge in [0.1, 0.15) is 11.9 Å². The number of hydrogen-bond donors (Lipinski definition) is 4. The number of aromatic amines is 1. The Bertz CT molecular complexity index is 1680. The van der Waals surface area contributed by atoms with E-state index in [1.165, 1.54) is 6.92 Å². The first-order valence-electron chi connectivity index (χ1n) is 14.6. The third-order valence-electron chi connectivity index (χ3n) is 7.19. The normalized spacial score (nSPS) is 11.7. The van der Waals surface area contributed by atoms with Crippen LogP contribution in [0.3, 0.4) is 0 Å². The highest BCUT2D eigenvalue weighted by Gasteiger charge is 2.18. The number of carbonyl (C=O) groups is 2. The Morgan fingerprint density at radius 3 is 2.34 bits per heavy atom. The molecule has 1 amide bonds. The molecule has 1 unspecified atom stereocenters. The van der Waals surface area contributed by atoms with E-state index in [1.54, 1.807) is 0 Å². The smallest absolute Gasteiger partial charge is 0.326 e. The summed E-state index contributed by atoms with van der Waals surface area (Å²) >= 11 is 0. The summed E-state index contributed by atoms with van der Waals surface area (Å²) in [5.74, 6) is 0.725. The molecule has 1 atom stereocenters. The summed E-state index contributed by atoms with van der Waals surface area (Å²) in [6.07, 6.45) is 3.17. The van der Waals surface area contributed by atoms with Crippen LogP contribution in [0.1, 0.15) is 44.5 Å². The van der Waals surface area contributed by atoms with Gasteiger partial charge in [0.2, 0.25) is 11.7 Å².